The lowest BCUT2D eigenvalue weighted by molar-refractivity contribution is -0.232. The second-order valence-electron chi connectivity index (χ2n) is 11.9. The van der Waals surface area contributed by atoms with Crippen molar-refractivity contribution in [3.8, 4) is 0 Å². The van der Waals surface area contributed by atoms with Crippen LogP contribution in [0.3, 0.4) is 0 Å². The van der Waals surface area contributed by atoms with Crippen molar-refractivity contribution in [3.05, 3.63) is 23.3 Å². The third-order valence-corrected chi connectivity index (χ3v) is 10.2. The first kappa shape index (κ1) is 23.5. The van der Waals surface area contributed by atoms with E-state index < -0.39 is 0 Å². The van der Waals surface area contributed by atoms with Crippen molar-refractivity contribution in [3.63, 3.8) is 0 Å². The molecule has 4 rings (SSSR count). The highest BCUT2D eigenvalue weighted by atomic mass is 17.1. The third-order valence-electron chi connectivity index (χ3n) is 10.2. The maximum atomic E-state index is 10.2. The van der Waals surface area contributed by atoms with E-state index in [0.717, 1.165) is 54.8 Å². The highest BCUT2D eigenvalue weighted by Crippen LogP contribution is 2.63. The van der Waals surface area contributed by atoms with Crippen LogP contribution in [0.2, 0.25) is 0 Å². The van der Waals surface area contributed by atoms with Crippen LogP contribution in [0.1, 0.15) is 91.9 Å². The predicted molar refractivity (Wildman–Crippen MR) is 126 cm³/mol. The van der Waals surface area contributed by atoms with Gasteiger partial charge in [0.1, 0.15) is 6.61 Å². The van der Waals surface area contributed by atoms with Gasteiger partial charge >= 0.3 is 0 Å². The summed E-state index contributed by atoms with van der Waals surface area (Å²) >= 11 is 0. The Morgan fingerprint density at radius 3 is 2.65 bits per heavy atom. The fourth-order valence-electron chi connectivity index (χ4n) is 8.42. The normalized spacial score (nSPS) is 41.4. The third kappa shape index (κ3) is 4.57. The summed E-state index contributed by atoms with van der Waals surface area (Å²) in [7, 11) is 0. The molecule has 0 spiro atoms. The standard InChI is InChI=1S/C28H46O3/c1-18(2)20(14-16-31-30)6-5-19(3)23-9-10-25-24(23)11-12-27-26(25)8-7-21-17-22(29)13-15-28(21,27)4/h7,14,18-19,22-27,29-30H,5-6,8-13,15-17H2,1-4H3/b20-14-/t19-,22+,23-,24-,25-,26+,27+,28+/m1/s1. The van der Waals surface area contributed by atoms with Crippen LogP contribution < -0.4 is 0 Å². The Balaban J connectivity index is 1.40. The molecule has 2 N–H and O–H groups in total. The Kier molecular flexibility index (Phi) is 7.35. The van der Waals surface area contributed by atoms with Crippen molar-refractivity contribution in [2.45, 2.75) is 98.0 Å². The van der Waals surface area contributed by atoms with Crippen LogP contribution in [-0.4, -0.2) is 23.1 Å². The summed E-state index contributed by atoms with van der Waals surface area (Å²) in [5.74, 6) is 5.77. The first-order chi connectivity index (χ1) is 14.8. The minimum atomic E-state index is -0.0994. The molecule has 3 nitrogen and oxygen atoms in total. The molecule has 3 heteroatoms. The molecule has 31 heavy (non-hydrogen) atoms. The molecule has 0 aliphatic heterocycles. The second kappa shape index (κ2) is 9.69. The Morgan fingerprint density at radius 1 is 1.13 bits per heavy atom. The minimum absolute atomic E-state index is 0.0994. The summed E-state index contributed by atoms with van der Waals surface area (Å²) in [6, 6.07) is 0. The van der Waals surface area contributed by atoms with Crippen molar-refractivity contribution >= 4 is 0 Å². The summed E-state index contributed by atoms with van der Waals surface area (Å²) in [5.41, 5.74) is 3.38. The predicted octanol–water partition coefficient (Wildman–Crippen LogP) is 7.02. The zero-order valence-electron chi connectivity index (χ0n) is 20.4. The number of fused-ring (bicyclic) bond motifs is 5. The molecule has 0 unspecified atom stereocenters. The molecule has 4 aliphatic carbocycles. The van der Waals surface area contributed by atoms with Gasteiger partial charge in [-0.15, -0.1) is 0 Å². The molecule has 3 saturated carbocycles. The maximum Gasteiger partial charge on any atom is 0.100 e. The first-order valence-corrected chi connectivity index (χ1v) is 13.2. The summed E-state index contributed by atoms with van der Waals surface area (Å²) in [6.45, 7) is 9.84. The summed E-state index contributed by atoms with van der Waals surface area (Å²) < 4.78 is 0. The Hall–Kier alpha value is -0.640. The van der Waals surface area contributed by atoms with Gasteiger partial charge in [0.05, 0.1) is 6.10 Å². The van der Waals surface area contributed by atoms with Gasteiger partial charge in [-0.05, 0) is 111 Å². The van der Waals surface area contributed by atoms with Gasteiger partial charge in [0, 0.05) is 0 Å². The zero-order valence-corrected chi connectivity index (χ0v) is 20.4. The van der Waals surface area contributed by atoms with Gasteiger partial charge in [-0.2, -0.15) is 0 Å². The van der Waals surface area contributed by atoms with Crippen LogP contribution >= 0.6 is 0 Å². The molecule has 0 aromatic heterocycles. The van der Waals surface area contributed by atoms with E-state index in [9.17, 15) is 5.11 Å². The molecule has 0 radical (unpaired) electrons. The largest absolute Gasteiger partial charge is 0.393 e. The SMILES string of the molecule is CC(C)/C(=C\COO)CC[C@@H](C)[C@H]1CC[C@@H]2[C@@H]1CC[C@H]1[C@H]2CC=C2C[C@@H](O)CC[C@@]21C. The lowest BCUT2D eigenvalue weighted by Crippen LogP contribution is -2.47. The van der Waals surface area contributed by atoms with Gasteiger partial charge < -0.3 is 5.11 Å². The van der Waals surface area contributed by atoms with Crippen LogP contribution in [0.25, 0.3) is 0 Å². The van der Waals surface area contributed by atoms with E-state index in [2.05, 4.69) is 44.7 Å². The number of rotatable bonds is 7. The average molecular weight is 431 g/mol. The van der Waals surface area contributed by atoms with E-state index in [1.807, 2.05) is 0 Å². The molecule has 4 aliphatic rings. The first-order valence-electron chi connectivity index (χ1n) is 13.2. The zero-order chi connectivity index (χ0) is 22.2. The maximum absolute atomic E-state index is 10.2. The lowest BCUT2D eigenvalue weighted by Gasteiger charge is -2.55. The van der Waals surface area contributed by atoms with E-state index in [0.29, 0.717) is 17.9 Å². The van der Waals surface area contributed by atoms with E-state index in [1.54, 1.807) is 5.57 Å². The molecule has 0 saturated heterocycles. The van der Waals surface area contributed by atoms with Gasteiger partial charge in [0.15, 0.2) is 0 Å². The molecule has 0 bridgehead atoms. The van der Waals surface area contributed by atoms with E-state index in [4.69, 9.17) is 5.26 Å². The molecule has 0 aromatic rings. The summed E-state index contributed by atoms with van der Waals surface area (Å²) in [4.78, 5) is 4.31. The van der Waals surface area contributed by atoms with E-state index in [-0.39, 0.29) is 6.10 Å². The second-order valence-corrected chi connectivity index (χ2v) is 11.9. The van der Waals surface area contributed by atoms with Crippen LogP contribution in [0, 0.1) is 46.8 Å². The van der Waals surface area contributed by atoms with Crippen LogP contribution in [0.4, 0.5) is 0 Å². The van der Waals surface area contributed by atoms with Crippen LogP contribution in [0.15, 0.2) is 23.3 Å². The fraction of sp³-hybridized carbons (Fsp3) is 0.857. The smallest absolute Gasteiger partial charge is 0.100 e. The van der Waals surface area contributed by atoms with Gasteiger partial charge in [0.25, 0.3) is 0 Å². The molecule has 0 aromatic carbocycles. The average Bonchev–Trinajstić information content (AvgIpc) is 3.18. The number of allylic oxidation sites excluding steroid dienone is 2. The summed E-state index contributed by atoms with van der Waals surface area (Å²) in [6.07, 6.45) is 17.0. The van der Waals surface area contributed by atoms with Crippen molar-refractivity contribution < 1.29 is 15.3 Å². The van der Waals surface area contributed by atoms with Crippen molar-refractivity contribution in [1.82, 2.24) is 0 Å². The molecule has 3 fully saturated rings. The number of hydrogen-bond acceptors (Lipinski definition) is 3. The minimum Gasteiger partial charge on any atom is -0.393 e. The molecule has 0 amide bonds. The van der Waals surface area contributed by atoms with E-state index >= 15 is 0 Å². The fourth-order valence-corrected chi connectivity index (χ4v) is 8.42. The molecular weight excluding hydrogens is 384 g/mol. The monoisotopic (exact) mass is 430 g/mol. The molecule has 8 atom stereocenters. The van der Waals surface area contributed by atoms with Gasteiger partial charge in [-0.25, -0.2) is 4.89 Å². The topological polar surface area (TPSA) is 49.7 Å². The Bertz CT molecular complexity index is 680. The number of aliphatic hydroxyl groups excluding tert-OH is 1. The molecular formula is C28H46O3. The lowest BCUT2D eigenvalue weighted by atomic mass is 9.50. The Labute approximate surface area is 190 Å². The molecule has 0 heterocycles. The van der Waals surface area contributed by atoms with Crippen molar-refractivity contribution in [1.29, 1.82) is 0 Å². The van der Waals surface area contributed by atoms with E-state index in [1.165, 1.54) is 50.5 Å². The van der Waals surface area contributed by atoms with Crippen LogP contribution in [-0.2, 0) is 4.89 Å². The van der Waals surface area contributed by atoms with Gasteiger partial charge in [-0.3, -0.25) is 5.26 Å². The van der Waals surface area contributed by atoms with Crippen LogP contribution in [0.5, 0.6) is 0 Å². The highest BCUT2D eigenvalue weighted by Gasteiger charge is 2.54. The van der Waals surface area contributed by atoms with Crippen molar-refractivity contribution in [2.75, 3.05) is 6.61 Å². The number of hydrogen-bond donors (Lipinski definition) is 2. The van der Waals surface area contributed by atoms with Crippen molar-refractivity contribution in [2.24, 2.45) is 46.8 Å². The number of aliphatic hydroxyl groups is 1. The summed E-state index contributed by atoms with van der Waals surface area (Å²) in [5, 5.41) is 18.9. The Morgan fingerprint density at radius 2 is 1.90 bits per heavy atom. The quantitative estimate of drug-likeness (QED) is 0.259. The highest BCUT2D eigenvalue weighted by molar-refractivity contribution is 5.24. The van der Waals surface area contributed by atoms with Gasteiger partial charge in [-0.1, -0.05) is 51.0 Å². The molecule has 176 valence electrons. The van der Waals surface area contributed by atoms with Gasteiger partial charge in [0.2, 0.25) is 0 Å².